The zero-order valence-electron chi connectivity index (χ0n) is 8.86. The smallest absolute Gasteiger partial charge is 0.175 e. The molecule has 0 unspecified atom stereocenters. The van der Waals surface area contributed by atoms with Crippen molar-refractivity contribution in [3.63, 3.8) is 0 Å². The van der Waals surface area contributed by atoms with E-state index in [1.165, 1.54) is 12.3 Å². The van der Waals surface area contributed by atoms with E-state index in [9.17, 15) is 8.42 Å². The Bertz CT molecular complexity index is 440. The molecule has 0 bridgehead atoms. The number of sulfone groups is 1. The van der Waals surface area contributed by atoms with Crippen LogP contribution in [0.15, 0.2) is 23.1 Å². The first-order valence-electron chi connectivity index (χ1n) is 4.56. The van der Waals surface area contributed by atoms with Crippen molar-refractivity contribution in [3.05, 3.63) is 23.8 Å². The molecular weight excluding hydrogens is 214 g/mol. The Morgan fingerprint density at radius 1 is 1.40 bits per heavy atom. The highest BCUT2D eigenvalue weighted by Gasteiger charge is 2.10. The quantitative estimate of drug-likeness (QED) is 0.820. The maximum absolute atomic E-state index is 11.3. The molecule has 4 nitrogen and oxygen atoms in total. The molecule has 0 aliphatic heterocycles. The van der Waals surface area contributed by atoms with Gasteiger partial charge in [-0.05, 0) is 36.7 Å². The van der Waals surface area contributed by atoms with Crippen LogP contribution in [-0.4, -0.2) is 28.3 Å². The largest absolute Gasteiger partial charge is 0.496 e. The Morgan fingerprint density at radius 2 is 2.07 bits per heavy atom. The summed E-state index contributed by atoms with van der Waals surface area (Å²) in [6.07, 6.45) is 1.79. The number of ether oxygens (including phenoxy) is 1. The SMILES string of the molecule is COc1ccc(S(C)(=O)=O)cc1CCN. The summed E-state index contributed by atoms with van der Waals surface area (Å²) in [5, 5.41) is 0. The Morgan fingerprint density at radius 3 is 2.53 bits per heavy atom. The molecule has 0 fully saturated rings. The van der Waals surface area contributed by atoms with Gasteiger partial charge in [0.15, 0.2) is 9.84 Å². The van der Waals surface area contributed by atoms with Gasteiger partial charge in [0.25, 0.3) is 0 Å². The molecule has 15 heavy (non-hydrogen) atoms. The van der Waals surface area contributed by atoms with Crippen molar-refractivity contribution < 1.29 is 13.2 Å². The maximum Gasteiger partial charge on any atom is 0.175 e. The van der Waals surface area contributed by atoms with Crippen LogP contribution in [0.1, 0.15) is 5.56 Å². The van der Waals surface area contributed by atoms with Crippen LogP contribution in [-0.2, 0) is 16.3 Å². The van der Waals surface area contributed by atoms with Crippen LogP contribution in [0.3, 0.4) is 0 Å². The molecule has 0 aliphatic rings. The fourth-order valence-electron chi connectivity index (χ4n) is 1.34. The zero-order valence-corrected chi connectivity index (χ0v) is 9.67. The molecule has 1 aromatic carbocycles. The van der Waals surface area contributed by atoms with Gasteiger partial charge in [0.2, 0.25) is 0 Å². The number of rotatable bonds is 4. The van der Waals surface area contributed by atoms with E-state index in [0.29, 0.717) is 23.6 Å². The summed E-state index contributed by atoms with van der Waals surface area (Å²) in [6, 6.07) is 4.80. The average molecular weight is 229 g/mol. The van der Waals surface area contributed by atoms with E-state index in [2.05, 4.69) is 0 Å². The number of hydrogen-bond acceptors (Lipinski definition) is 4. The standard InChI is InChI=1S/C10H15NO3S/c1-14-10-4-3-9(15(2,12)13)7-8(10)5-6-11/h3-4,7H,5-6,11H2,1-2H3. The van der Waals surface area contributed by atoms with Crippen LogP contribution < -0.4 is 10.5 Å². The van der Waals surface area contributed by atoms with Gasteiger partial charge in [0, 0.05) is 6.26 Å². The summed E-state index contributed by atoms with van der Waals surface area (Å²) in [6.45, 7) is 0.462. The Kier molecular flexibility index (Phi) is 3.71. The second-order valence-electron chi connectivity index (χ2n) is 3.28. The first kappa shape index (κ1) is 12.0. The van der Waals surface area contributed by atoms with Gasteiger partial charge in [-0.1, -0.05) is 0 Å². The van der Waals surface area contributed by atoms with E-state index < -0.39 is 9.84 Å². The van der Waals surface area contributed by atoms with Gasteiger partial charge in [-0.2, -0.15) is 0 Å². The summed E-state index contributed by atoms with van der Waals surface area (Å²) < 4.78 is 27.7. The molecule has 0 aromatic heterocycles. The normalized spacial score (nSPS) is 11.4. The summed E-state index contributed by atoms with van der Waals surface area (Å²) in [5.41, 5.74) is 6.26. The molecule has 0 aliphatic carbocycles. The lowest BCUT2D eigenvalue weighted by molar-refractivity contribution is 0.409. The van der Waals surface area contributed by atoms with Gasteiger partial charge in [-0.15, -0.1) is 0 Å². The van der Waals surface area contributed by atoms with E-state index in [1.54, 1.807) is 19.2 Å². The molecule has 0 radical (unpaired) electrons. The third-order valence-electron chi connectivity index (χ3n) is 2.09. The summed E-state index contributed by atoms with van der Waals surface area (Å²) in [7, 11) is -1.61. The number of nitrogens with two attached hydrogens (primary N) is 1. The molecule has 0 heterocycles. The summed E-state index contributed by atoms with van der Waals surface area (Å²) in [5.74, 6) is 0.674. The third kappa shape index (κ3) is 2.94. The molecular formula is C10H15NO3S. The molecule has 5 heteroatoms. The molecule has 1 aromatic rings. The molecule has 1 rings (SSSR count). The van der Waals surface area contributed by atoms with Gasteiger partial charge in [0.05, 0.1) is 12.0 Å². The van der Waals surface area contributed by atoms with E-state index in [4.69, 9.17) is 10.5 Å². The Balaban J connectivity index is 3.22. The zero-order chi connectivity index (χ0) is 11.5. The predicted octanol–water partition coefficient (Wildman–Crippen LogP) is 0.600. The highest BCUT2D eigenvalue weighted by Crippen LogP contribution is 2.22. The topological polar surface area (TPSA) is 69.4 Å². The van der Waals surface area contributed by atoms with E-state index >= 15 is 0 Å². The van der Waals surface area contributed by atoms with Crippen LogP contribution in [0.5, 0.6) is 5.75 Å². The monoisotopic (exact) mass is 229 g/mol. The minimum Gasteiger partial charge on any atom is -0.496 e. The minimum absolute atomic E-state index is 0.298. The Hall–Kier alpha value is -1.07. The maximum atomic E-state index is 11.3. The number of hydrogen-bond donors (Lipinski definition) is 1. The van der Waals surface area contributed by atoms with Crippen molar-refractivity contribution >= 4 is 9.84 Å². The van der Waals surface area contributed by atoms with Gasteiger partial charge in [-0.3, -0.25) is 0 Å². The molecule has 0 atom stereocenters. The van der Waals surface area contributed by atoms with Crippen molar-refractivity contribution in [2.24, 2.45) is 5.73 Å². The fourth-order valence-corrected chi connectivity index (χ4v) is 2.01. The van der Waals surface area contributed by atoms with Crippen LogP contribution >= 0.6 is 0 Å². The second kappa shape index (κ2) is 4.63. The first-order chi connectivity index (χ1) is 6.99. The van der Waals surface area contributed by atoms with E-state index in [0.717, 1.165) is 5.56 Å². The van der Waals surface area contributed by atoms with Gasteiger partial charge in [0.1, 0.15) is 5.75 Å². The number of methoxy groups -OCH3 is 1. The Labute approximate surface area is 90.0 Å². The molecule has 84 valence electrons. The van der Waals surface area contributed by atoms with Crippen molar-refractivity contribution in [2.45, 2.75) is 11.3 Å². The molecule has 2 N–H and O–H groups in total. The number of benzene rings is 1. The highest BCUT2D eigenvalue weighted by molar-refractivity contribution is 7.90. The second-order valence-corrected chi connectivity index (χ2v) is 5.30. The lowest BCUT2D eigenvalue weighted by Crippen LogP contribution is -2.06. The van der Waals surface area contributed by atoms with E-state index in [-0.39, 0.29) is 0 Å². The van der Waals surface area contributed by atoms with Gasteiger partial charge in [-0.25, -0.2) is 8.42 Å². The third-order valence-corrected chi connectivity index (χ3v) is 3.20. The molecule has 0 amide bonds. The van der Waals surface area contributed by atoms with Gasteiger partial charge < -0.3 is 10.5 Å². The van der Waals surface area contributed by atoms with Crippen LogP contribution in [0.4, 0.5) is 0 Å². The molecule has 0 saturated heterocycles. The van der Waals surface area contributed by atoms with Crippen molar-refractivity contribution in [3.8, 4) is 5.75 Å². The van der Waals surface area contributed by atoms with Crippen LogP contribution in [0.25, 0.3) is 0 Å². The first-order valence-corrected chi connectivity index (χ1v) is 6.45. The highest BCUT2D eigenvalue weighted by atomic mass is 32.2. The molecule has 0 spiro atoms. The lowest BCUT2D eigenvalue weighted by atomic mass is 10.1. The van der Waals surface area contributed by atoms with Crippen molar-refractivity contribution in [2.75, 3.05) is 19.9 Å². The van der Waals surface area contributed by atoms with Crippen LogP contribution in [0, 0.1) is 0 Å². The summed E-state index contributed by atoms with van der Waals surface area (Å²) in [4.78, 5) is 0.298. The average Bonchev–Trinajstić information content (AvgIpc) is 2.17. The predicted molar refractivity (Wildman–Crippen MR) is 58.9 cm³/mol. The van der Waals surface area contributed by atoms with Gasteiger partial charge >= 0.3 is 0 Å². The van der Waals surface area contributed by atoms with Crippen molar-refractivity contribution in [1.29, 1.82) is 0 Å². The summed E-state index contributed by atoms with van der Waals surface area (Å²) >= 11 is 0. The van der Waals surface area contributed by atoms with Crippen LogP contribution in [0.2, 0.25) is 0 Å². The molecule has 0 saturated carbocycles. The van der Waals surface area contributed by atoms with Crippen molar-refractivity contribution in [1.82, 2.24) is 0 Å². The minimum atomic E-state index is -3.16. The van der Waals surface area contributed by atoms with E-state index in [1.807, 2.05) is 0 Å². The fraction of sp³-hybridized carbons (Fsp3) is 0.400. The lowest BCUT2D eigenvalue weighted by Gasteiger charge is -2.08.